The second kappa shape index (κ2) is 11.4. The Hall–Kier alpha value is -2.58. The fourth-order valence-corrected chi connectivity index (χ4v) is 2.55. The first-order valence-electron chi connectivity index (χ1n) is 9.13. The van der Waals surface area contributed by atoms with Crippen molar-refractivity contribution in [1.82, 2.24) is 10.6 Å². The number of nitrogens with zero attached hydrogens (tertiary/aromatic N) is 1. The molecular weight excluding hydrogens is 383 g/mol. The predicted octanol–water partition coefficient (Wildman–Crippen LogP) is 3.78. The van der Waals surface area contributed by atoms with Crippen LogP contribution in [0.25, 0.3) is 0 Å². The molecule has 0 heterocycles. The first-order valence-corrected chi connectivity index (χ1v) is 9.13. The smallest absolute Gasteiger partial charge is 0.380 e. The van der Waals surface area contributed by atoms with Crippen LogP contribution in [0.15, 0.2) is 53.5 Å². The summed E-state index contributed by atoms with van der Waals surface area (Å²) in [5.41, 5.74) is 3.91. The van der Waals surface area contributed by atoms with Crippen molar-refractivity contribution in [3.63, 3.8) is 0 Å². The lowest BCUT2D eigenvalue weighted by Gasteiger charge is -2.13. The summed E-state index contributed by atoms with van der Waals surface area (Å²) in [5.74, 6) is 0.656. The van der Waals surface area contributed by atoms with E-state index in [1.807, 2.05) is 36.4 Å². The topological polar surface area (TPSA) is 54.9 Å². The van der Waals surface area contributed by atoms with Crippen LogP contribution in [0.4, 0.5) is 13.2 Å². The number of hydrogen-bond acceptors (Lipinski definition) is 3. The van der Waals surface area contributed by atoms with Crippen LogP contribution in [-0.4, -0.2) is 32.9 Å². The van der Waals surface area contributed by atoms with Crippen molar-refractivity contribution in [2.75, 3.05) is 20.8 Å². The Kier molecular flexibility index (Phi) is 8.95. The summed E-state index contributed by atoms with van der Waals surface area (Å²) < 4.78 is 46.0. The average molecular weight is 409 g/mol. The van der Waals surface area contributed by atoms with Gasteiger partial charge in [-0.1, -0.05) is 48.5 Å². The van der Waals surface area contributed by atoms with Gasteiger partial charge in [0.1, 0.15) is 6.61 Å². The number of methoxy groups -OCH3 is 1. The highest BCUT2D eigenvalue weighted by Gasteiger charge is 2.27. The third kappa shape index (κ3) is 8.97. The SMILES string of the molecule is CN=C(NCc1ccc(COC)cc1)NCc1ccc(COCC(F)(F)F)cc1. The van der Waals surface area contributed by atoms with E-state index < -0.39 is 12.8 Å². The van der Waals surface area contributed by atoms with Gasteiger partial charge in [-0.05, 0) is 22.3 Å². The monoisotopic (exact) mass is 409 g/mol. The zero-order valence-electron chi connectivity index (χ0n) is 16.6. The van der Waals surface area contributed by atoms with Gasteiger partial charge >= 0.3 is 6.18 Å². The summed E-state index contributed by atoms with van der Waals surface area (Å²) in [6.07, 6.45) is -4.31. The van der Waals surface area contributed by atoms with Crippen molar-refractivity contribution in [3.8, 4) is 0 Å². The van der Waals surface area contributed by atoms with Gasteiger partial charge < -0.3 is 20.1 Å². The second-order valence-corrected chi connectivity index (χ2v) is 6.45. The molecule has 5 nitrogen and oxygen atoms in total. The van der Waals surface area contributed by atoms with E-state index in [0.717, 1.165) is 16.7 Å². The number of benzene rings is 2. The molecule has 0 radical (unpaired) electrons. The van der Waals surface area contributed by atoms with Crippen LogP contribution >= 0.6 is 0 Å². The third-order valence-electron chi connectivity index (χ3n) is 4.03. The standard InChI is InChI=1S/C21H26F3N3O2/c1-25-20(26-11-16-3-7-18(8-4-16)13-28-2)27-12-17-5-9-19(10-6-17)14-29-15-21(22,23)24/h3-10H,11-15H2,1-2H3,(H2,25,26,27). The van der Waals surface area contributed by atoms with Crippen molar-refractivity contribution >= 4 is 5.96 Å². The Morgan fingerprint density at radius 2 is 1.28 bits per heavy atom. The molecule has 0 saturated carbocycles. The van der Waals surface area contributed by atoms with Gasteiger partial charge in [-0.25, -0.2) is 0 Å². The molecule has 0 unspecified atom stereocenters. The minimum atomic E-state index is -4.31. The van der Waals surface area contributed by atoms with E-state index in [2.05, 4.69) is 20.4 Å². The van der Waals surface area contributed by atoms with E-state index >= 15 is 0 Å². The number of halogens is 3. The molecule has 0 fully saturated rings. The zero-order valence-corrected chi connectivity index (χ0v) is 16.6. The number of nitrogens with one attached hydrogen (secondary N) is 2. The Morgan fingerprint density at radius 3 is 1.69 bits per heavy atom. The van der Waals surface area contributed by atoms with Crippen LogP contribution in [0.2, 0.25) is 0 Å². The summed E-state index contributed by atoms with van der Waals surface area (Å²) in [6, 6.07) is 15.3. The van der Waals surface area contributed by atoms with E-state index in [0.29, 0.717) is 31.2 Å². The summed E-state index contributed by atoms with van der Waals surface area (Å²) in [4.78, 5) is 4.19. The van der Waals surface area contributed by atoms with Crippen molar-refractivity contribution in [2.45, 2.75) is 32.5 Å². The molecule has 0 aliphatic rings. The molecule has 0 bridgehead atoms. The lowest BCUT2D eigenvalue weighted by atomic mass is 10.1. The molecule has 0 amide bonds. The van der Waals surface area contributed by atoms with E-state index in [4.69, 9.17) is 4.74 Å². The van der Waals surface area contributed by atoms with Gasteiger partial charge in [0.15, 0.2) is 5.96 Å². The first-order chi connectivity index (χ1) is 13.9. The molecule has 0 spiro atoms. The molecule has 2 N–H and O–H groups in total. The molecule has 0 aliphatic carbocycles. The fourth-order valence-electron chi connectivity index (χ4n) is 2.55. The molecule has 0 atom stereocenters. The van der Waals surface area contributed by atoms with Crippen molar-refractivity contribution in [3.05, 3.63) is 70.8 Å². The molecular formula is C21H26F3N3O2. The van der Waals surface area contributed by atoms with Crippen molar-refractivity contribution in [2.24, 2.45) is 4.99 Å². The van der Waals surface area contributed by atoms with Gasteiger partial charge in [0.25, 0.3) is 0 Å². The van der Waals surface area contributed by atoms with Crippen LogP contribution in [0.3, 0.4) is 0 Å². The van der Waals surface area contributed by atoms with Crippen LogP contribution in [-0.2, 0) is 35.8 Å². The maximum absolute atomic E-state index is 12.1. The highest BCUT2D eigenvalue weighted by molar-refractivity contribution is 5.79. The van der Waals surface area contributed by atoms with Gasteiger partial charge in [-0.15, -0.1) is 0 Å². The minimum absolute atomic E-state index is 0.0698. The van der Waals surface area contributed by atoms with E-state index in [9.17, 15) is 13.2 Å². The summed E-state index contributed by atoms with van der Waals surface area (Å²) in [5, 5.41) is 6.45. The van der Waals surface area contributed by atoms with E-state index in [1.165, 1.54) is 0 Å². The second-order valence-electron chi connectivity index (χ2n) is 6.45. The predicted molar refractivity (Wildman–Crippen MR) is 106 cm³/mol. The van der Waals surface area contributed by atoms with Gasteiger partial charge in [-0.2, -0.15) is 13.2 Å². The Morgan fingerprint density at radius 1 is 0.828 bits per heavy atom. The molecule has 29 heavy (non-hydrogen) atoms. The number of hydrogen-bond donors (Lipinski definition) is 2. The quantitative estimate of drug-likeness (QED) is 0.489. The van der Waals surface area contributed by atoms with Gasteiger partial charge in [0.05, 0.1) is 13.2 Å². The highest BCUT2D eigenvalue weighted by Crippen LogP contribution is 2.15. The van der Waals surface area contributed by atoms with Gasteiger partial charge in [0.2, 0.25) is 0 Å². The molecule has 2 aromatic carbocycles. The fraction of sp³-hybridized carbons (Fsp3) is 0.381. The number of aliphatic imine (C=N–C) groups is 1. The summed E-state index contributed by atoms with van der Waals surface area (Å²) in [7, 11) is 3.36. The lowest BCUT2D eigenvalue weighted by Crippen LogP contribution is -2.36. The van der Waals surface area contributed by atoms with Gasteiger partial charge in [-0.3, -0.25) is 4.99 Å². The van der Waals surface area contributed by atoms with Crippen LogP contribution in [0.5, 0.6) is 0 Å². The molecule has 8 heteroatoms. The average Bonchev–Trinajstić information content (AvgIpc) is 2.69. The molecule has 2 rings (SSSR count). The summed E-state index contributed by atoms with van der Waals surface area (Å²) >= 11 is 0. The van der Waals surface area contributed by atoms with Crippen molar-refractivity contribution in [1.29, 1.82) is 0 Å². The maximum atomic E-state index is 12.1. The Balaban J connectivity index is 1.75. The Labute approximate surface area is 168 Å². The number of guanidine groups is 1. The number of alkyl halides is 3. The third-order valence-corrected chi connectivity index (χ3v) is 4.03. The largest absolute Gasteiger partial charge is 0.411 e. The molecule has 0 saturated heterocycles. The van der Waals surface area contributed by atoms with Crippen LogP contribution in [0, 0.1) is 0 Å². The summed E-state index contributed by atoms with van der Waals surface area (Å²) in [6.45, 7) is 0.440. The number of rotatable bonds is 9. The minimum Gasteiger partial charge on any atom is -0.380 e. The molecule has 0 aliphatic heterocycles. The van der Waals surface area contributed by atoms with Crippen LogP contribution in [0.1, 0.15) is 22.3 Å². The van der Waals surface area contributed by atoms with E-state index in [-0.39, 0.29) is 6.61 Å². The maximum Gasteiger partial charge on any atom is 0.411 e. The molecule has 0 aromatic heterocycles. The lowest BCUT2D eigenvalue weighted by molar-refractivity contribution is -0.176. The molecule has 2 aromatic rings. The van der Waals surface area contributed by atoms with Crippen LogP contribution < -0.4 is 10.6 Å². The Bertz CT molecular complexity index is 760. The van der Waals surface area contributed by atoms with Gasteiger partial charge in [0, 0.05) is 27.2 Å². The normalized spacial score (nSPS) is 12.1. The van der Waals surface area contributed by atoms with Crippen molar-refractivity contribution < 1.29 is 22.6 Å². The number of ether oxygens (including phenoxy) is 2. The highest BCUT2D eigenvalue weighted by atomic mass is 19.4. The first kappa shape index (κ1) is 22.7. The zero-order chi connectivity index (χ0) is 21.1. The molecule has 158 valence electrons. The van der Waals surface area contributed by atoms with E-state index in [1.54, 1.807) is 26.3 Å².